The minimum absolute atomic E-state index is 0.356. The number of aromatic nitrogens is 1. The van der Waals surface area contributed by atoms with Gasteiger partial charge in [0, 0.05) is 24.9 Å². The summed E-state index contributed by atoms with van der Waals surface area (Å²) in [6.07, 6.45) is 3.54. The molecule has 0 radical (unpaired) electrons. The predicted octanol–water partition coefficient (Wildman–Crippen LogP) is 2.30. The molecule has 1 aromatic rings. The van der Waals surface area contributed by atoms with Crippen LogP contribution >= 0.6 is 11.6 Å². The number of rotatable bonds is 3. The first-order valence-electron chi connectivity index (χ1n) is 5.40. The molecule has 3 N–H and O–H groups in total. The molecule has 0 aromatic carbocycles. The average Bonchev–Trinajstić information content (AvgIpc) is 2.64. The van der Waals surface area contributed by atoms with Crippen LogP contribution in [-0.4, -0.2) is 24.2 Å². The topological polar surface area (TPSA) is 60.2 Å². The molecular formula is C11H16ClN3O. The molecule has 0 aliphatic heterocycles. The third kappa shape index (κ3) is 2.77. The van der Waals surface area contributed by atoms with Gasteiger partial charge >= 0.3 is 0 Å². The van der Waals surface area contributed by atoms with Gasteiger partial charge < -0.3 is 15.8 Å². The van der Waals surface area contributed by atoms with E-state index in [0.29, 0.717) is 23.0 Å². The third-order valence-electron chi connectivity index (χ3n) is 2.89. The quantitative estimate of drug-likeness (QED) is 0.798. The van der Waals surface area contributed by atoms with Crippen molar-refractivity contribution in [2.75, 3.05) is 18.2 Å². The van der Waals surface area contributed by atoms with E-state index in [9.17, 15) is 0 Å². The minimum atomic E-state index is 0.356. The van der Waals surface area contributed by atoms with Gasteiger partial charge in [-0.15, -0.1) is 0 Å². The Bertz CT molecular complexity index is 352. The van der Waals surface area contributed by atoms with Crippen LogP contribution in [0.25, 0.3) is 0 Å². The van der Waals surface area contributed by atoms with E-state index in [4.69, 9.17) is 22.1 Å². The zero-order valence-corrected chi connectivity index (χ0v) is 10.00. The van der Waals surface area contributed by atoms with Crippen molar-refractivity contribution in [2.24, 2.45) is 0 Å². The van der Waals surface area contributed by atoms with Crippen LogP contribution in [0.15, 0.2) is 12.1 Å². The Balaban J connectivity index is 1.99. The highest BCUT2D eigenvalue weighted by atomic mass is 35.5. The van der Waals surface area contributed by atoms with Gasteiger partial charge in [0.1, 0.15) is 11.0 Å². The lowest BCUT2D eigenvalue weighted by molar-refractivity contribution is 0.108. The van der Waals surface area contributed by atoms with Gasteiger partial charge in [0.15, 0.2) is 0 Å². The molecule has 0 amide bonds. The van der Waals surface area contributed by atoms with Crippen molar-refractivity contribution in [1.29, 1.82) is 0 Å². The van der Waals surface area contributed by atoms with E-state index in [1.165, 1.54) is 0 Å². The number of ether oxygens (including phenoxy) is 1. The Kier molecular flexibility index (Phi) is 3.51. The monoisotopic (exact) mass is 241 g/mol. The number of nitrogens with two attached hydrogens (primary N) is 1. The smallest absolute Gasteiger partial charge is 0.133 e. The van der Waals surface area contributed by atoms with Crippen molar-refractivity contribution in [3.8, 4) is 0 Å². The first-order chi connectivity index (χ1) is 7.67. The molecule has 88 valence electrons. The molecule has 5 heteroatoms. The number of methoxy groups -OCH3 is 1. The van der Waals surface area contributed by atoms with E-state index in [2.05, 4.69) is 10.3 Å². The van der Waals surface area contributed by atoms with Crippen LogP contribution in [0.1, 0.15) is 19.3 Å². The molecule has 1 heterocycles. The maximum atomic E-state index is 5.84. The number of nitrogens with one attached hydrogen (secondary N) is 1. The van der Waals surface area contributed by atoms with E-state index in [1.807, 2.05) is 0 Å². The molecule has 16 heavy (non-hydrogen) atoms. The lowest BCUT2D eigenvalue weighted by Gasteiger charge is -2.14. The van der Waals surface area contributed by atoms with Crippen LogP contribution < -0.4 is 11.1 Å². The molecule has 0 bridgehead atoms. The Morgan fingerprint density at radius 2 is 2.31 bits per heavy atom. The summed E-state index contributed by atoms with van der Waals surface area (Å²) < 4.78 is 5.32. The number of anilines is 2. The van der Waals surface area contributed by atoms with Gasteiger partial charge in [0.25, 0.3) is 0 Å². The normalized spacial score (nSPS) is 24.6. The number of hydrogen-bond acceptors (Lipinski definition) is 4. The van der Waals surface area contributed by atoms with Crippen molar-refractivity contribution in [2.45, 2.75) is 31.4 Å². The minimum Gasteiger partial charge on any atom is -0.399 e. The fourth-order valence-electron chi connectivity index (χ4n) is 2.09. The van der Waals surface area contributed by atoms with Crippen LogP contribution in [0.4, 0.5) is 11.5 Å². The molecule has 1 aromatic heterocycles. The van der Waals surface area contributed by atoms with Gasteiger partial charge in [0.2, 0.25) is 0 Å². The van der Waals surface area contributed by atoms with E-state index in [-0.39, 0.29) is 0 Å². The van der Waals surface area contributed by atoms with Gasteiger partial charge in [-0.05, 0) is 25.3 Å². The number of halogens is 1. The summed E-state index contributed by atoms with van der Waals surface area (Å²) in [6.45, 7) is 0. The fraction of sp³-hybridized carbons (Fsp3) is 0.545. The molecule has 0 saturated heterocycles. The maximum absolute atomic E-state index is 5.84. The van der Waals surface area contributed by atoms with E-state index < -0.39 is 0 Å². The van der Waals surface area contributed by atoms with Crippen molar-refractivity contribution in [3.05, 3.63) is 17.3 Å². The van der Waals surface area contributed by atoms with E-state index >= 15 is 0 Å². The fourth-order valence-corrected chi connectivity index (χ4v) is 2.30. The molecule has 1 fully saturated rings. The first kappa shape index (κ1) is 11.5. The number of nitrogens with zero attached hydrogens (tertiary/aromatic N) is 1. The molecule has 0 spiro atoms. The highest BCUT2D eigenvalue weighted by Crippen LogP contribution is 2.25. The molecule has 1 aliphatic rings. The van der Waals surface area contributed by atoms with Crippen LogP contribution in [0.3, 0.4) is 0 Å². The summed E-state index contributed by atoms with van der Waals surface area (Å²) in [5.41, 5.74) is 6.33. The Labute approximate surface area is 100 Å². The van der Waals surface area contributed by atoms with Crippen molar-refractivity contribution >= 4 is 23.1 Å². The molecule has 1 saturated carbocycles. The number of pyridine rings is 1. The van der Waals surface area contributed by atoms with Gasteiger partial charge in [-0.1, -0.05) is 11.6 Å². The lowest BCUT2D eigenvalue weighted by atomic mass is 10.2. The standard InChI is InChI=1S/C11H16ClN3O/c1-16-9-3-2-8(6-9)14-11-5-7(13)4-10(12)15-11/h4-5,8-9H,2-3,6H2,1H3,(H3,13,14,15). The van der Waals surface area contributed by atoms with E-state index in [0.717, 1.165) is 25.1 Å². The predicted molar refractivity (Wildman–Crippen MR) is 65.7 cm³/mol. The molecule has 2 unspecified atom stereocenters. The Hall–Kier alpha value is -1.00. The second kappa shape index (κ2) is 4.89. The Morgan fingerprint density at radius 3 is 2.94 bits per heavy atom. The summed E-state index contributed by atoms with van der Waals surface area (Å²) in [6, 6.07) is 3.83. The van der Waals surface area contributed by atoms with Crippen molar-refractivity contribution in [1.82, 2.24) is 4.98 Å². The van der Waals surface area contributed by atoms with Crippen molar-refractivity contribution < 1.29 is 4.74 Å². The average molecular weight is 242 g/mol. The molecule has 1 aliphatic carbocycles. The van der Waals surface area contributed by atoms with Gasteiger partial charge in [-0.2, -0.15) is 0 Å². The summed E-state index contributed by atoms with van der Waals surface area (Å²) in [5, 5.41) is 3.75. The molecule has 2 rings (SSSR count). The van der Waals surface area contributed by atoms with Gasteiger partial charge in [-0.3, -0.25) is 0 Å². The van der Waals surface area contributed by atoms with Gasteiger partial charge in [-0.25, -0.2) is 4.98 Å². The summed E-state index contributed by atoms with van der Waals surface area (Å²) in [7, 11) is 1.75. The second-order valence-electron chi connectivity index (χ2n) is 4.12. The SMILES string of the molecule is COC1CCC(Nc2cc(N)cc(Cl)n2)C1. The van der Waals surface area contributed by atoms with Crippen LogP contribution in [-0.2, 0) is 4.74 Å². The highest BCUT2D eigenvalue weighted by Gasteiger charge is 2.24. The summed E-state index contributed by atoms with van der Waals surface area (Å²) in [5.74, 6) is 0.742. The second-order valence-corrected chi connectivity index (χ2v) is 4.51. The first-order valence-corrected chi connectivity index (χ1v) is 5.77. The lowest BCUT2D eigenvalue weighted by Crippen LogP contribution is -2.18. The summed E-state index contributed by atoms with van der Waals surface area (Å²) in [4.78, 5) is 4.18. The zero-order chi connectivity index (χ0) is 11.5. The van der Waals surface area contributed by atoms with Crippen LogP contribution in [0, 0.1) is 0 Å². The zero-order valence-electron chi connectivity index (χ0n) is 9.24. The molecule has 2 atom stereocenters. The van der Waals surface area contributed by atoms with Crippen LogP contribution in [0.5, 0.6) is 0 Å². The highest BCUT2D eigenvalue weighted by molar-refractivity contribution is 6.29. The summed E-state index contributed by atoms with van der Waals surface area (Å²) >= 11 is 5.84. The largest absolute Gasteiger partial charge is 0.399 e. The van der Waals surface area contributed by atoms with Gasteiger partial charge in [0.05, 0.1) is 6.10 Å². The third-order valence-corrected chi connectivity index (χ3v) is 3.08. The van der Waals surface area contributed by atoms with Crippen LogP contribution in [0.2, 0.25) is 5.15 Å². The number of nitrogen functional groups attached to an aromatic ring is 1. The van der Waals surface area contributed by atoms with E-state index in [1.54, 1.807) is 19.2 Å². The Morgan fingerprint density at radius 1 is 1.50 bits per heavy atom. The van der Waals surface area contributed by atoms with Crippen molar-refractivity contribution in [3.63, 3.8) is 0 Å². The maximum Gasteiger partial charge on any atom is 0.133 e. The molecular weight excluding hydrogens is 226 g/mol. The number of hydrogen-bond donors (Lipinski definition) is 2. The molecule has 4 nitrogen and oxygen atoms in total.